The highest BCUT2D eigenvalue weighted by atomic mass is 32.1. The lowest BCUT2D eigenvalue weighted by atomic mass is 10.1. The molecule has 1 aliphatic heterocycles. The first-order valence-corrected chi connectivity index (χ1v) is 10.8. The lowest BCUT2D eigenvalue weighted by Crippen LogP contribution is -2.39. The Morgan fingerprint density at radius 1 is 1.15 bits per heavy atom. The number of nitrogens with zero attached hydrogens (tertiary/aromatic N) is 3. The van der Waals surface area contributed by atoms with Crippen molar-refractivity contribution in [3.63, 3.8) is 0 Å². The number of nitrogens with one attached hydrogen (secondary N) is 1. The van der Waals surface area contributed by atoms with Gasteiger partial charge in [0.05, 0.1) is 5.69 Å². The molecule has 0 saturated carbocycles. The molecule has 176 valence electrons. The normalized spacial score (nSPS) is 15.7. The third-order valence-corrected chi connectivity index (χ3v) is 5.74. The van der Waals surface area contributed by atoms with Crippen LogP contribution in [-0.4, -0.2) is 34.9 Å². The van der Waals surface area contributed by atoms with Crippen LogP contribution >= 0.6 is 11.3 Å². The predicted octanol–water partition coefficient (Wildman–Crippen LogP) is 3.69. The van der Waals surface area contributed by atoms with Crippen molar-refractivity contribution < 1.29 is 27.5 Å². The quantitative estimate of drug-likeness (QED) is 0.526. The summed E-state index contributed by atoms with van der Waals surface area (Å²) >= 11 is 1.22. The molecule has 0 aliphatic carbocycles. The number of ether oxygens (including phenoxy) is 1. The number of hydrazone groups is 1. The zero-order valence-corrected chi connectivity index (χ0v) is 18.3. The number of alkyl halides is 3. The van der Waals surface area contributed by atoms with Crippen LogP contribution in [0.4, 0.5) is 24.0 Å². The van der Waals surface area contributed by atoms with Crippen molar-refractivity contribution in [1.29, 1.82) is 0 Å². The van der Waals surface area contributed by atoms with E-state index in [4.69, 9.17) is 5.73 Å². The average molecular weight is 489 g/mol. The van der Waals surface area contributed by atoms with Crippen LogP contribution in [-0.2, 0) is 16.0 Å². The molecule has 0 bridgehead atoms. The van der Waals surface area contributed by atoms with Gasteiger partial charge in [0.2, 0.25) is 5.91 Å². The van der Waals surface area contributed by atoms with Crippen molar-refractivity contribution >= 4 is 39.7 Å². The van der Waals surface area contributed by atoms with Crippen LogP contribution in [0.2, 0.25) is 0 Å². The zero-order chi connectivity index (χ0) is 24.3. The Balaban J connectivity index is 1.40. The van der Waals surface area contributed by atoms with Gasteiger partial charge in [-0.25, -0.2) is 4.98 Å². The maximum atomic E-state index is 12.7. The van der Waals surface area contributed by atoms with Crippen LogP contribution < -0.4 is 20.8 Å². The number of halogens is 3. The Kier molecular flexibility index (Phi) is 6.50. The molecule has 0 saturated heterocycles. The SMILES string of the molecule is NC(=O)[C@@H]1CC(C(=O)Nc2ncc(Cc3ccc(OC(F)(F)F)cc3)s2)=NN1c1ccccc1. The molecule has 1 atom stereocenters. The number of rotatable bonds is 7. The van der Waals surface area contributed by atoms with E-state index in [0.717, 1.165) is 10.4 Å². The fraction of sp³-hybridized carbons (Fsp3) is 0.182. The van der Waals surface area contributed by atoms with Gasteiger partial charge in [0.1, 0.15) is 17.5 Å². The van der Waals surface area contributed by atoms with E-state index in [0.29, 0.717) is 17.2 Å². The minimum Gasteiger partial charge on any atom is -0.406 e. The second-order valence-corrected chi connectivity index (χ2v) is 8.42. The Labute approximate surface area is 195 Å². The molecule has 2 amide bonds. The molecular weight excluding hydrogens is 471 g/mol. The van der Waals surface area contributed by atoms with Gasteiger partial charge in [0.15, 0.2) is 5.13 Å². The number of aromatic nitrogens is 1. The van der Waals surface area contributed by atoms with E-state index >= 15 is 0 Å². The van der Waals surface area contributed by atoms with Gasteiger partial charge in [-0.3, -0.25) is 19.9 Å². The zero-order valence-electron chi connectivity index (χ0n) is 17.5. The summed E-state index contributed by atoms with van der Waals surface area (Å²) in [5.74, 6) is -1.40. The molecule has 2 heterocycles. The monoisotopic (exact) mass is 489 g/mol. The summed E-state index contributed by atoms with van der Waals surface area (Å²) in [5.41, 5.74) is 7.03. The average Bonchev–Trinajstić information content (AvgIpc) is 3.42. The highest BCUT2D eigenvalue weighted by Crippen LogP contribution is 2.27. The summed E-state index contributed by atoms with van der Waals surface area (Å²) < 4.78 is 40.7. The summed E-state index contributed by atoms with van der Waals surface area (Å²) in [6.45, 7) is 0. The summed E-state index contributed by atoms with van der Waals surface area (Å²) in [4.78, 5) is 29.6. The van der Waals surface area contributed by atoms with E-state index in [2.05, 4.69) is 20.1 Å². The number of anilines is 2. The second kappa shape index (κ2) is 9.51. The molecule has 0 unspecified atom stereocenters. The van der Waals surface area contributed by atoms with Crippen molar-refractivity contribution in [1.82, 2.24) is 4.98 Å². The van der Waals surface area contributed by atoms with Gasteiger partial charge in [0, 0.05) is 23.9 Å². The summed E-state index contributed by atoms with van der Waals surface area (Å²) in [5, 5.41) is 8.71. The van der Waals surface area contributed by atoms with E-state index in [1.54, 1.807) is 30.5 Å². The first kappa shape index (κ1) is 23.2. The van der Waals surface area contributed by atoms with E-state index in [1.165, 1.54) is 40.6 Å². The molecule has 3 aromatic rings. The number of nitrogens with two attached hydrogens (primary N) is 1. The van der Waals surface area contributed by atoms with E-state index in [9.17, 15) is 22.8 Å². The molecule has 1 aliphatic rings. The van der Waals surface area contributed by atoms with E-state index in [1.807, 2.05) is 6.07 Å². The van der Waals surface area contributed by atoms with Gasteiger partial charge >= 0.3 is 6.36 Å². The minimum absolute atomic E-state index is 0.0562. The van der Waals surface area contributed by atoms with Crippen LogP contribution in [0.3, 0.4) is 0 Å². The Hall–Kier alpha value is -3.93. The number of carbonyl (C=O) groups is 2. The van der Waals surface area contributed by atoms with Crippen LogP contribution in [0.1, 0.15) is 16.9 Å². The maximum absolute atomic E-state index is 12.7. The number of benzene rings is 2. The molecular formula is C22H18F3N5O3S. The largest absolute Gasteiger partial charge is 0.573 e. The van der Waals surface area contributed by atoms with Crippen molar-refractivity contribution in [3.8, 4) is 5.75 Å². The van der Waals surface area contributed by atoms with Crippen LogP contribution in [0, 0.1) is 0 Å². The molecule has 0 radical (unpaired) electrons. The first-order chi connectivity index (χ1) is 16.2. The lowest BCUT2D eigenvalue weighted by molar-refractivity contribution is -0.274. The number of hydrogen-bond donors (Lipinski definition) is 2. The molecule has 3 N–H and O–H groups in total. The van der Waals surface area contributed by atoms with Crippen molar-refractivity contribution in [2.45, 2.75) is 25.2 Å². The molecule has 34 heavy (non-hydrogen) atoms. The summed E-state index contributed by atoms with van der Waals surface area (Å²) in [7, 11) is 0. The van der Waals surface area contributed by atoms with Crippen molar-refractivity contribution in [2.24, 2.45) is 10.8 Å². The highest BCUT2D eigenvalue weighted by Gasteiger charge is 2.35. The highest BCUT2D eigenvalue weighted by molar-refractivity contribution is 7.15. The molecule has 0 fully saturated rings. The van der Waals surface area contributed by atoms with Gasteiger partial charge in [-0.15, -0.1) is 24.5 Å². The summed E-state index contributed by atoms with van der Waals surface area (Å²) in [6, 6.07) is 13.6. The fourth-order valence-electron chi connectivity index (χ4n) is 3.31. The summed E-state index contributed by atoms with van der Waals surface area (Å²) in [6.07, 6.45) is -2.71. The Morgan fingerprint density at radius 3 is 2.50 bits per heavy atom. The Morgan fingerprint density at radius 2 is 1.85 bits per heavy atom. The van der Waals surface area contributed by atoms with Crippen LogP contribution in [0.25, 0.3) is 0 Å². The number of primary amides is 1. The number of thiazole rings is 1. The van der Waals surface area contributed by atoms with E-state index in [-0.39, 0.29) is 17.9 Å². The van der Waals surface area contributed by atoms with Gasteiger partial charge < -0.3 is 10.5 Å². The van der Waals surface area contributed by atoms with Crippen molar-refractivity contribution in [3.05, 3.63) is 71.2 Å². The number of amides is 2. The number of hydrogen-bond acceptors (Lipinski definition) is 7. The van der Waals surface area contributed by atoms with Gasteiger partial charge in [-0.05, 0) is 29.8 Å². The number of para-hydroxylation sites is 1. The molecule has 2 aromatic carbocycles. The molecule has 1 aromatic heterocycles. The molecule has 0 spiro atoms. The van der Waals surface area contributed by atoms with Crippen LogP contribution in [0.5, 0.6) is 5.75 Å². The fourth-order valence-corrected chi connectivity index (χ4v) is 4.16. The molecule has 12 heteroatoms. The maximum Gasteiger partial charge on any atom is 0.573 e. The first-order valence-electron chi connectivity index (χ1n) is 10.00. The third kappa shape index (κ3) is 5.70. The molecule has 8 nitrogen and oxygen atoms in total. The van der Waals surface area contributed by atoms with E-state index < -0.39 is 24.2 Å². The smallest absolute Gasteiger partial charge is 0.406 e. The van der Waals surface area contributed by atoms with Gasteiger partial charge in [-0.2, -0.15) is 5.10 Å². The van der Waals surface area contributed by atoms with Gasteiger partial charge in [0.25, 0.3) is 5.91 Å². The standard InChI is InChI=1S/C22H18F3N5O3S/c23-22(24,25)33-15-8-6-13(7-9-15)10-16-12-27-21(34-16)28-20(32)17-11-18(19(26)31)30(29-17)14-4-2-1-3-5-14/h1-9,12,18H,10-11H2,(H2,26,31)(H,27,28,32)/t18-/m0/s1. The second-order valence-electron chi connectivity index (χ2n) is 7.30. The predicted molar refractivity (Wildman–Crippen MR) is 121 cm³/mol. The van der Waals surface area contributed by atoms with Crippen molar-refractivity contribution in [2.75, 3.05) is 10.3 Å². The molecule has 4 rings (SSSR count). The minimum atomic E-state index is -4.74. The number of carbonyl (C=O) groups excluding carboxylic acids is 2. The van der Waals surface area contributed by atoms with Crippen LogP contribution in [0.15, 0.2) is 65.9 Å². The van der Waals surface area contributed by atoms with Gasteiger partial charge in [-0.1, -0.05) is 30.3 Å². The lowest BCUT2D eigenvalue weighted by Gasteiger charge is -2.20. The topological polar surface area (TPSA) is 110 Å². The third-order valence-electron chi connectivity index (χ3n) is 4.83. The Bertz CT molecular complexity index is 1210.